The van der Waals surface area contributed by atoms with Crippen molar-refractivity contribution in [1.29, 1.82) is 0 Å². The van der Waals surface area contributed by atoms with Gasteiger partial charge in [-0.3, -0.25) is 4.79 Å². The van der Waals surface area contributed by atoms with E-state index >= 15 is 0 Å². The van der Waals surface area contributed by atoms with E-state index in [4.69, 9.17) is 10.5 Å². The molecule has 1 amide bonds. The van der Waals surface area contributed by atoms with Gasteiger partial charge in [0.15, 0.2) is 11.6 Å². The second-order valence-electron chi connectivity index (χ2n) is 3.93. The molecule has 1 fully saturated rings. The Morgan fingerprint density at radius 3 is 2.88 bits per heavy atom. The van der Waals surface area contributed by atoms with Crippen LogP contribution in [0.25, 0.3) is 0 Å². The van der Waals surface area contributed by atoms with Gasteiger partial charge >= 0.3 is 0 Å². The minimum absolute atomic E-state index is 0.159. The van der Waals surface area contributed by atoms with Gasteiger partial charge < -0.3 is 15.4 Å². The van der Waals surface area contributed by atoms with Crippen molar-refractivity contribution >= 4 is 11.6 Å². The number of rotatable bonds is 3. The van der Waals surface area contributed by atoms with Crippen molar-refractivity contribution in [3.05, 3.63) is 24.0 Å². The van der Waals surface area contributed by atoms with Gasteiger partial charge in [-0.1, -0.05) is 0 Å². The molecule has 0 bridgehead atoms. The number of hydrogen-bond donors (Lipinski definition) is 1. The standard InChI is InChI=1S/C12H15FN2O2/c1-2-17-11-4-3-8(7-9(11)13)15-6-5-10(14)12(15)16/h3-4,7,10H,2,5-6,14H2,1H3. The predicted octanol–water partition coefficient (Wildman–Crippen LogP) is 1.29. The predicted molar refractivity (Wildman–Crippen MR) is 62.5 cm³/mol. The van der Waals surface area contributed by atoms with E-state index in [2.05, 4.69) is 0 Å². The molecule has 0 saturated carbocycles. The Morgan fingerprint density at radius 2 is 2.35 bits per heavy atom. The van der Waals surface area contributed by atoms with Gasteiger partial charge in [0, 0.05) is 18.3 Å². The van der Waals surface area contributed by atoms with Crippen LogP contribution in [0.3, 0.4) is 0 Å². The fourth-order valence-electron chi connectivity index (χ4n) is 1.89. The fourth-order valence-corrected chi connectivity index (χ4v) is 1.89. The molecular weight excluding hydrogens is 223 g/mol. The first-order chi connectivity index (χ1) is 8.13. The van der Waals surface area contributed by atoms with Crippen LogP contribution in [0, 0.1) is 5.82 Å². The number of carbonyl (C=O) groups is 1. The van der Waals surface area contributed by atoms with Gasteiger partial charge in [0.2, 0.25) is 5.91 Å². The molecule has 1 atom stereocenters. The zero-order valence-electron chi connectivity index (χ0n) is 9.65. The smallest absolute Gasteiger partial charge is 0.243 e. The van der Waals surface area contributed by atoms with Gasteiger partial charge in [-0.05, 0) is 25.5 Å². The van der Waals surface area contributed by atoms with Gasteiger partial charge in [0.25, 0.3) is 0 Å². The minimum Gasteiger partial charge on any atom is -0.491 e. The minimum atomic E-state index is -0.468. The molecule has 1 heterocycles. The average molecular weight is 238 g/mol. The Hall–Kier alpha value is -1.62. The highest BCUT2D eigenvalue weighted by Crippen LogP contribution is 2.26. The first-order valence-electron chi connectivity index (χ1n) is 5.62. The van der Waals surface area contributed by atoms with Crippen molar-refractivity contribution in [3.63, 3.8) is 0 Å². The molecule has 0 spiro atoms. The molecule has 2 rings (SSSR count). The zero-order valence-corrected chi connectivity index (χ0v) is 9.65. The molecule has 2 N–H and O–H groups in total. The molecule has 0 radical (unpaired) electrons. The number of amides is 1. The second-order valence-corrected chi connectivity index (χ2v) is 3.93. The summed E-state index contributed by atoms with van der Waals surface area (Å²) in [5.41, 5.74) is 6.14. The quantitative estimate of drug-likeness (QED) is 0.863. The average Bonchev–Trinajstić information content (AvgIpc) is 2.63. The lowest BCUT2D eigenvalue weighted by atomic mass is 10.2. The topological polar surface area (TPSA) is 55.6 Å². The molecule has 1 saturated heterocycles. The summed E-state index contributed by atoms with van der Waals surface area (Å²) >= 11 is 0. The molecule has 1 aliphatic rings. The van der Waals surface area contributed by atoms with Crippen LogP contribution in [0.15, 0.2) is 18.2 Å². The van der Waals surface area contributed by atoms with Gasteiger partial charge in [-0.2, -0.15) is 0 Å². The van der Waals surface area contributed by atoms with Crippen molar-refractivity contribution in [2.45, 2.75) is 19.4 Å². The summed E-state index contributed by atoms with van der Waals surface area (Å²) in [5.74, 6) is -0.418. The highest BCUT2D eigenvalue weighted by Gasteiger charge is 2.29. The van der Waals surface area contributed by atoms with E-state index in [1.165, 1.54) is 17.0 Å². The Labute approximate surface area is 99.2 Å². The summed E-state index contributed by atoms with van der Waals surface area (Å²) in [5, 5.41) is 0. The second kappa shape index (κ2) is 4.71. The Kier molecular flexibility index (Phi) is 3.28. The summed E-state index contributed by atoms with van der Waals surface area (Å²) < 4.78 is 18.7. The zero-order chi connectivity index (χ0) is 12.4. The van der Waals surface area contributed by atoms with Crippen LogP contribution in [0.1, 0.15) is 13.3 Å². The SMILES string of the molecule is CCOc1ccc(N2CCC(N)C2=O)cc1F. The highest BCUT2D eigenvalue weighted by atomic mass is 19.1. The van der Waals surface area contributed by atoms with Gasteiger partial charge in [0.1, 0.15) is 0 Å². The van der Waals surface area contributed by atoms with E-state index in [0.29, 0.717) is 25.3 Å². The van der Waals surface area contributed by atoms with E-state index in [0.717, 1.165) is 0 Å². The van der Waals surface area contributed by atoms with Gasteiger partial charge in [-0.15, -0.1) is 0 Å². The maximum absolute atomic E-state index is 13.6. The lowest BCUT2D eigenvalue weighted by molar-refractivity contribution is -0.118. The van der Waals surface area contributed by atoms with Crippen LogP contribution >= 0.6 is 0 Å². The Balaban J connectivity index is 2.23. The number of halogens is 1. The number of anilines is 1. The molecule has 1 aliphatic heterocycles. The van der Waals surface area contributed by atoms with Gasteiger partial charge in [0.05, 0.1) is 12.6 Å². The maximum atomic E-state index is 13.6. The summed E-state index contributed by atoms with van der Waals surface area (Å²) in [6.07, 6.45) is 0.605. The Morgan fingerprint density at radius 1 is 1.59 bits per heavy atom. The van der Waals surface area contributed by atoms with Crippen LogP contribution < -0.4 is 15.4 Å². The van der Waals surface area contributed by atoms with E-state index in [1.54, 1.807) is 13.0 Å². The van der Waals surface area contributed by atoms with Crippen molar-refractivity contribution in [1.82, 2.24) is 0 Å². The molecule has 92 valence electrons. The van der Waals surface area contributed by atoms with Crippen LogP contribution in [-0.4, -0.2) is 25.1 Å². The van der Waals surface area contributed by atoms with Crippen LogP contribution in [0.4, 0.5) is 10.1 Å². The number of nitrogens with two attached hydrogens (primary N) is 1. The van der Waals surface area contributed by atoms with E-state index in [-0.39, 0.29) is 11.7 Å². The van der Waals surface area contributed by atoms with Crippen LogP contribution in [-0.2, 0) is 4.79 Å². The largest absolute Gasteiger partial charge is 0.491 e. The Bertz CT molecular complexity index is 437. The van der Waals surface area contributed by atoms with Crippen molar-refractivity contribution < 1.29 is 13.9 Å². The molecule has 4 nitrogen and oxygen atoms in total. The van der Waals surface area contributed by atoms with Crippen molar-refractivity contribution in [2.24, 2.45) is 5.73 Å². The van der Waals surface area contributed by atoms with Gasteiger partial charge in [-0.25, -0.2) is 4.39 Å². The highest BCUT2D eigenvalue weighted by molar-refractivity contribution is 5.99. The summed E-state index contributed by atoms with van der Waals surface area (Å²) in [4.78, 5) is 13.2. The lowest BCUT2D eigenvalue weighted by Crippen LogP contribution is -2.33. The molecule has 1 aromatic rings. The summed E-state index contributed by atoms with van der Waals surface area (Å²) in [6, 6.07) is 4.04. The maximum Gasteiger partial charge on any atom is 0.243 e. The third-order valence-electron chi connectivity index (χ3n) is 2.77. The summed E-state index contributed by atoms with van der Waals surface area (Å²) in [6.45, 7) is 2.73. The van der Waals surface area contributed by atoms with E-state index in [1.807, 2.05) is 0 Å². The van der Waals surface area contributed by atoms with E-state index in [9.17, 15) is 9.18 Å². The van der Waals surface area contributed by atoms with Crippen LogP contribution in [0.2, 0.25) is 0 Å². The molecule has 5 heteroatoms. The molecule has 1 aromatic carbocycles. The van der Waals surface area contributed by atoms with Crippen LogP contribution in [0.5, 0.6) is 5.75 Å². The number of benzene rings is 1. The number of hydrogen-bond acceptors (Lipinski definition) is 3. The fraction of sp³-hybridized carbons (Fsp3) is 0.417. The molecule has 0 aromatic heterocycles. The molecule has 0 aliphatic carbocycles. The number of ether oxygens (including phenoxy) is 1. The number of carbonyl (C=O) groups excluding carboxylic acids is 1. The number of nitrogens with zero attached hydrogens (tertiary/aromatic N) is 1. The summed E-state index contributed by atoms with van der Waals surface area (Å²) in [7, 11) is 0. The van der Waals surface area contributed by atoms with E-state index < -0.39 is 11.9 Å². The monoisotopic (exact) mass is 238 g/mol. The first kappa shape index (κ1) is 11.9. The molecular formula is C12H15FN2O2. The molecule has 17 heavy (non-hydrogen) atoms. The van der Waals surface area contributed by atoms with Crippen molar-refractivity contribution in [2.75, 3.05) is 18.1 Å². The third-order valence-corrected chi connectivity index (χ3v) is 2.77. The van der Waals surface area contributed by atoms with Crippen molar-refractivity contribution in [3.8, 4) is 5.75 Å². The first-order valence-corrected chi connectivity index (χ1v) is 5.62. The third kappa shape index (κ3) is 2.24. The normalized spacial score (nSPS) is 19.8. The molecule has 1 unspecified atom stereocenters. The lowest BCUT2D eigenvalue weighted by Gasteiger charge is -2.17.